The zero-order valence-electron chi connectivity index (χ0n) is 11.3. The Labute approximate surface area is 126 Å². The zero-order valence-corrected chi connectivity index (χ0v) is 13.1. The van der Waals surface area contributed by atoms with E-state index in [2.05, 4.69) is 4.98 Å². The van der Waals surface area contributed by atoms with Crippen molar-refractivity contribution in [3.05, 3.63) is 49.1 Å². The summed E-state index contributed by atoms with van der Waals surface area (Å²) in [5.74, 6) is 0. The second kappa shape index (κ2) is 6.38. The molecule has 0 amide bonds. The van der Waals surface area contributed by atoms with E-state index in [1.54, 1.807) is 42.9 Å². The molecular formula is C12H15N2O6P2+. The van der Waals surface area contributed by atoms with Gasteiger partial charge in [-0.2, -0.15) is 0 Å². The molecule has 2 aromatic heterocycles. The highest BCUT2D eigenvalue weighted by Gasteiger charge is 2.46. The van der Waals surface area contributed by atoms with Gasteiger partial charge in [0, 0.05) is 29.6 Å². The van der Waals surface area contributed by atoms with Crippen LogP contribution < -0.4 is 4.57 Å². The lowest BCUT2D eigenvalue weighted by atomic mass is 10.1. The fraction of sp³-hybridized carbons (Fsp3) is 0.167. The first-order valence-electron chi connectivity index (χ1n) is 6.18. The average molecular weight is 345 g/mol. The molecule has 118 valence electrons. The SMILES string of the molecule is O=P(O)(O)C(C[n+]1cccc(-c2cccnc2)c1)P(=O)(O)O. The first-order chi connectivity index (χ1) is 10.2. The predicted octanol–water partition coefficient (Wildman–Crippen LogP) is 0.718. The molecule has 22 heavy (non-hydrogen) atoms. The van der Waals surface area contributed by atoms with Gasteiger partial charge in [0.25, 0.3) is 0 Å². The Morgan fingerprint density at radius 2 is 1.68 bits per heavy atom. The molecule has 0 bridgehead atoms. The molecule has 0 fully saturated rings. The van der Waals surface area contributed by atoms with Gasteiger partial charge in [0.05, 0.1) is 0 Å². The minimum Gasteiger partial charge on any atom is -0.324 e. The van der Waals surface area contributed by atoms with Gasteiger partial charge < -0.3 is 19.6 Å². The molecule has 0 aliphatic carbocycles. The summed E-state index contributed by atoms with van der Waals surface area (Å²) in [7, 11) is -9.89. The molecule has 0 spiro atoms. The summed E-state index contributed by atoms with van der Waals surface area (Å²) >= 11 is 0. The van der Waals surface area contributed by atoms with Gasteiger partial charge in [0.1, 0.15) is 0 Å². The van der Waals surface area contributed by atoms with E-state index < -0.39 is 27.1 Å². The summed E-state index contributed by atoms with van der Waals surface area (Å²) in [4.78, 5) is 40.6. The first kappa shape index (κ1) is 17.0. The summed E-state index contributed by atoms with van der Waals surface area (Å²) in [6, 6.07) is 6.92. The molecule has 0 saturated carbocycles. The van der Waals surface area contributed by atoms with Gasteiger partial charge in [-0.3, -0.25) is 14.1 Å². The van der Waals surface area contributed by atoms with E-state index in [9.17, 15) is 9.13 Å². The van der Waals surface area contributed by atoms with E-state index >= 15 is 0 Å². The van der Waals surface area contributed by atoms with Crippen molar-refractivity contribution >= 4 is 15.2 Å². The third-order valence-electron chi connectivity index (χ3n) is 3.00. The number of rotatable bonds is 5. The Morgan fingerprint density at radius 3 is 2.23 bits per heavy atom. The van der Waals surface area contributed by atoms with E-state index in [0.717, 1.165) is 5.56 Å². The van der Waals surface area contributed by atoms with Gasteiger partial charge >= 0.3 is 15.2 Å². The van der Waals surface area contributed by atoms with Crippen LogP contribution in [0.3, 0.4) is 0 Å². The first-order valence-corrected chi connectivity index (χ1v) is 9.54. The normalized spacial score (nSPS) is 12.6. The van der Waals surface area contributed by atoms with Crippen LogP contribution in [0.2, 0.25) is 0 Å². The molecule has 0 aliphatic heterocycles. The van der Waals surface area contributed by atoms with E-state index in [1.165, 1.54) is 10.8 Å². The lowest BCUT2D eigenvalue weighted by molar-refractivity contribution is -0.694. The molecule has 10 heteroatoms. The Bertz CT molecular complexity index is 720. The van der Waals surface area contributed by atoms with Crippen molar-refractivity contribution < 1.29 is 33.3 Å². The highest BCUT2D eigenvalue weighted by molar-refractivity contribution is 7.70. The van der Waals surface area contributed by atoms with Crippen molar-refractivity contribution in [2.75, 3.05) is 0 Å². The minimum absolute atomic E-state index is 0.497. The molecule has 0 aliphatic rings. The van der Waals surface area contributed by atoms with Crippen LogP contribution in [0.25, 0.3) is 11.1 Å². The fourth-order valence-electron chi connectivity index (χ4n) is 1.94. The largest absolute Gasteiger partial charge is 0.347 e. The van der Waals surface area contributed by atoms with Gasteiger partial charge in [-0.1, -0.05) is 6.07 Å². The summed E-state index contributed by atoms with van der Waals surface area (Å²) in [5.41, 5.74) is 1.49. The molecule has 0 atom stereocenters. The standard InChI is InChI=1S/C12H14N2O6P2/c15-21(16,17)12(22(18,19)20)9-14-6-2-4-11(8-14)10-3-1-5-13-7-10/h1-8,12H,9H2,(H3-,15,16,17,18,19,20)/p+1. The Morgan fingerprint density at radius 1 is 1.05 bits per heavy atom. The quantitative estimate of drug-likeness (QED) is 0.464. The maximum atomic E-state index is 11.3. The molecule has 2 heterocycles. The highest BCUT2D eigenvalue weighted by Crippen LogP contribution is 2.59. The van der Waals surface area contributed by atoms with E-state index in [0.29, 0.717) is 5.56 Å². The molecule has 0 saturated heterocycles. The zero-order chi connectivity index (χ0) is 16.4. The number of nitrogens with zero attached hydrogens (tertiary/aromatic N) is 2. The number of hydrogen-bond donors (Lipinski definition) is 4. The molecule has 0 unspecified atom stereocenters. The topological polar surface area (TPSA) is 132 Å². The number of aromatic nitrogens is 2. The average Bonchev–Trinajstić information content (AvgIpc) is 2.44. The maximum Gasteiger partial charge on any atom is 0.347 e. The van der Waals surface area contributed by atoms with Gasteiger partial charge in [0.15, 0.2) is 18.9 Å². The van der Waals surface area contributed by atoms with Crippen LogP contribution in [-0.2, 0) is 15.7 Å². The van der Waals surface area contributed by atoms with Crippen molar-refractivity contribution in [1.82, 2.24) is 4.98 Å². The van der Waals surface area contributed by atoms with Gasteiger partial charge in [-0.15, -0.1) is 0 Å². The maximum absolute atomic E-state index is 11.3. The van der Waals surface area contributed by atoms with Crippen molar-refractivity contribution in [2.45, 2.75) is 11.9 Å². The molecule has 2 rings (SSSR count). The third-order valence-corrected chi connectivity index (χ3v) is 6.69. The summed E-state index contributed by atoms with van der Waals surface area (Å²) < 4.78 is 24.0. The van der Waals surface area contributed by atoms with Crippen molar-refractivity contribution in [2.24, 2.45) is 0 Å². The van der Waals surface area contributed by atoms with Crippen molar-refractivity contribution in [3.8, 4) is 11.1 Å². The highest BCUT2D eigenvalue weighted by atomic mass is 31.2. The summed E-state index contributed by atoms with van der Waals surface area (Å²) in [6.45, 7) is -0.497. The van der Waals surface area contributed by atoms with Gasteiger partial charge in [0.2, 0.25) is 5.40 Å². The molecule has 0 aromatic carbocycles. The van der Waals surface area contributed by atoms with Crippen LogP contribution >= 0.6 is 15.2 Å². The summed E-state index contributed by atoms with van der Waals surface area (Å²) in [6.07, 6.45) is 6.26. The Hall–Kier alpha value is -1.40. The van der Waals surface area contributed by atoms with Crippen LogP contribution in [0.1, 0.15) is 0 Å². The second-order valence-corrected chi connectivity index (χ2v) is 8.70. The predicted molar refractivity (Wildman–Crippen MR) is 77.7 cm³/mol. The van der Waals surface area contributed by atoms with Crippen molar-refractivity contribution in [3.63, 3.8) is 0 Å². The molecule has 2 aromatic rings. The van der Waals surface area contributed by atoms with E-state index in [1.807, 2.05) is 0 Å². The third kappa shape index (κ3) is 4.30. The van der Waals surface area contributed by atoms with Crippen LogP contribution in [0.4, 0.5) is 0 Å². The molecule has 8 nitrogen and oxygen atoms in total. The van der Waals surface area contributed by atoms with Crippen LogP contribution in [0, 0.1) is 0 Å². The van der Waals surface area contributed by atoms with Crippen LogP contribution in [-0.4, -0.2) is 30.0 Å². The number of pyridine rings is 2. The fourth-order valence-corrected chi connectivity index (χ4v) is 4.31. The molecule has 4 N–H and O–H groups in total. The van der Waals surface area contributed by atoms with Gasteiger partial charge in [-0.05, 0) is 12.1 Å². The number of hydrogen-bond acceptors (Lipinski definition) is 3. The molecular weight excluding hydrogens is 330 g/mol. The smallest absolute Gasteiger partial charge is 0.324 e. The van der Waals surface area contributed by atoms with Gasteiger partial charge in [-0.25, -0.2) is 4.57 Å². The monoisotopic (exact) mass is 345 g/mol. The lowest BCUT2D eigenvalue weighted by Crippen LogP contribution is -2.39. The Balaban J connectivity index is 2.34. The summed E-state index contributed by atoms with van der Waals surface area (Å²) in [5, 5.41) is -2.07. The Kier molecular flexibility index (Phi) is 4.92. The van der Waals surface area contributed by atoms with Crippen LogP contribution in [0.5, 0.6) is 0 Å². The van der Waals surface area contributed by atoms with E-state index in [-0.39, 0.29) is 0 Å². The van der Waals surface area contributed by atoms with Crippen LogP contribution in [0.15, 0.2) is 49.1 Å². The van der Waals surface area contributed by atoms with E-state index in [4.69, 9.17) is 19.6 Å². The lowest BCUT2D eigenvalue weighted by Gasteiger charge is -2.16. The minimum atomic E-state index is -4.95. The van der Waals surface area contributed by atoms with Crippen molar-refractivity contribution in [1.29, 1.82) is 0 Å². The second-order valence-electron chi connectivity index (χ2n) is 4.69. The molecule has 0 radical (unpaired) electrons.